The van der Waals surface area contributed by atoms with Crippen LogP contribution in [0.2, 0.25) is 0 Å². The molecular formula is C14H25N3O2. The summed E-state index contributed by atoms with van der Waals surface area (Å²) in [6.07, 6.45) is 4.53. The SMILES string of the molecule is COCCOC1CCN(CCn2nccc2C)CC1. The van der Waals surface area contributed by atoms with Gasteiger partial charge in [-0.2, -0.15) is 5.10 Å². The molecule has 1 aliphatic heterocycles. The van der Waals surface area contributed by atoms with Crippen LogP contribution in [0.5, 0.6) is 0 Å². The van der Waals surface area contributed by atoms with Crippen molar-refractivity contribution in [3.63, 3.8) is 0 Å². The molecule has 1 saturated heterocycles. The van der Waals surface area contributed by atoms with E-state index in [9.17, 15) is 0 Å². The third kappa shape index (κ3) is 4.60. The highest BCUT2D eigenvalue weighted by Gasteiger charge is 2.19. The molecule has 1 aromatic rings. The quantitative estimate of drug-likeness (QED) is 0.699. The van der Waals surface area contributed by atoms with Gasteiger partial charge in [-0.25, -0.2) is 0 Å². The molecule has 19 heavy (non-hydrogen) atoms. The molecule has 5 heteroatoms. The van der Waals surface area contributed by atoms with Crippen LogP contribution in [0, 0.1) is 6.92 Å². The number of hydrogen-bond donors (Lipinski definition) is 0. The molecule has 2 heterocycles. The molecule has 0 spiro atoms. The number of hydrogen-bond acceptors (Lipinski definition) is 4. The maximum atomic E-state index is 5.77. The highest BCUT2D eigenvalue weighted by Crippen LogP contribution is 2.13. The van der Waals surface area contributed by atoms with Crippen LogP contribution in [0.25, 0.3) is 0 Å². The predicted octanol–water partition coefficient (Wildman–Crippen LogP) is 1.32. The molecule has 0 aromatic carbocycles. The van der Waals surface area contributed by atoms with Crippen LogP contribution < -0.4 is 0 Å². The zero-order valence-electron chi connectivity index (χ0n) is 12.0. The molecule has 0 bridgehead atoms. The molecule has 0 N–H and O–H groups in total. The number of ether oxygens (including phenoxy) is 2. The zero-order valence-corrected chi connectivity index (χ0v) is 12.0. The van der Waals surface area contributed by atoms with Gasteiger partial charge in [-0.3, -0.25) is 4.68 Å². The number of rotatable bonds is 7. The third-order valence-corrected chi connectivity index (χ3v) is 3.73. The number of methoxy groups -OCH3 is 1. The van der Waals surface area contributed by atoms with Crippen molar-refractivity contribution >= 4 is 0 Å². The van der Waals surface area contributed by atoms with Gasteiger partial charge in [0.25, 0.3) is 0 Å². The molecule has 1 aromatic heterocycles. The first kappa shape index (κ1) is 14.5. The Hall–Kier alpha value is -0.910. The van der Waals surface area contributed by atoms with Crippen molar-refractivity contribution in [2.75, 3.05) is 40.0 Å². The van der Waals surface area contributed by atoms with E-state index < -0.39 is 0 Å². The summed E-state index contributed by atoms with van der Waals surface area (Å²) in [6.45, 7) is 7.81. The first-order valence-electron chi connectivity index (χ1n) is 7.11. The van der Waals surface area contributed by atoms with Gasteiger partial charge in [-0.1, -0.05) is 0 Å². The topological polar surface area (TPSA) is 39.5 Å². The van der Waals surface area contributed by atoms with Crippen LogP contribution in [-0.2, 0) is 16.0 Å². The predicted molar refractivity (Wildman–Crippen MR) is 74.3 cm³/mol. The summed E-state index contributed by atoms with van der Waals surface area (Å²) in [7, 11) is 1.71. The average molecular weight is 267 g/mol. The monoisotopic (exact) mass is 267 g/mol. The molecule has 0 unspecified atom stereocenters. The van der Waals surface area contributed by atoms with Gasteiger partial charge in [0.15, 0.2) is 0 Å². The molecule has 0 atom stereocenters. The Labute approximate surface area is 115 Å². The molecule has 0 amide bonds. The van der Waals surface area contributed by atoms with E-state index in [0.29, 0.717) is 19.3 Å². The minimum atomic E-state index is 0.415. The van der Waals surface area contributed by atoms with E-state index in [4.69, 9.17) is 9.47 Å². The van der Waals surface area contributed by atoms with Gasteiger partial charge in [-0.15, -0.1) is 0 Å². The van der Waals surface area contributed by atoms with Crippen LogP contribution in [0.4, 0.5) is 0 Å². The highest BCUT2D eigenvalue weighted by molar-refractivity contribution is 4.96. The third-order valence-electron chi connectivity index (χ3n) is 3.73. The van der Waals surface area contributed by atoms with Crippen molar-refractivity contribution in [1.82, 2.24) is 14.7 Å². The van der Waals surface area contributed by atoms with Crippen molar-refractivity contribution < 1.29 is 9.47 Å². The average Bonchev–Trinajstić information content (AvgIpc) is 2.84. The largest absolute Gasteiger partial charge is 0.382 e. The van der Waals surface area contributed by atoms with Crippen LogP contribution in [0.3, 0.4) is 0 Å². The van der Waals surface area contributed by atoms with Crippen molar-refractivity contribution in [2.24, 2.45) is 0 Å². The van der Waals surface area contributed by atoms with Crippen LogP contribution in [0.15, 0.2) is 12.3 Å². The zero-order chi connectivity index (χ0) is 13.5. The van der Waals surface area contributed by atoms with Crippen LogP contribution >= 0.6 is 0 Å². The number of aromatic nitrogens is 2. The summed E-state index contributed by atoms with van der Waals surface area (Å²) in [5, 5.41) is 4.32. The molecule has 0 saturated carbocycles. The van der Waals surface area contributed by atoms with Gasteiger partial charge in [0, 0.05) is 38.6 Å². The Morgan fingerprint density at radius 3 is 2.68 bits per heavy atom. The Balaban J connectivity index is 1.62. The number of aryl methyl sites for hydroxylation is 1. The minimum absolute atomic E-state index is 0.415. The standard InChI is InChI=1S/C14H25N3O2/c1-13-3-6-15-17(13)10-9-16-7-4-14(5-8-16)19-12-11-18-2/h3,6,14H,4-5,7-12H2,1-2H3. The van der Waals surface area contributed by atoms with E-state index in [0.717, 1.165) is 39.0 Å². The van der Waals surface area contributed by atoms with E-state index in [1.165, 1.54) is 5.69 Å². The highest BCUT2D eigenvalue weighted by atomic mass is 16.5. The van der Waals surface area contributed by atoms with E-state index in [2.05, 4.69) is 27.7 Å². The lowest BCUT2D eigenvalue weighted by Crippen LogP contribution is -2.39. The molecular weight excluding hydrogens is 242 g/mol. The lowest BCUT2D eigenvalue weighted by atomic mass is 10.1. The van der Waals surface area contributed by atoms with E-state index in [1.807, 2.05) is 6.20 Å². The second-order valence-electron chi connectivity index (χ2n) is 5.10. The molecule has 1 aliphatic rings. The van der Waals surface area contributed by atoms with Gasteiger partial charge in [0.1, 0.15) is 0 Å². The molecule has 2 rings (SSSR count). The lowest BCUT2D eigenvalue weighted by molar-refractivity contribution is -0.0151. The summed E-state index contributed by atoms with van der Waals surface area (Å²) in [4.78, 5) is 2.50. The maximum Gasteiger partial charge on any atom is 0.0704 e. The molecule has 108 valence electrons. The summed E-state index contributed by atoms with van der Waals surface area (Å²) in [6, 6.07) is 2.05. The first-order valence-corrected chi connectivity index (χ1v) is 7.11. The minimum Gasteiger partial charge on any atom is -0.382 e. The summed E-state index contributed by atoms with van der Waals surface area (Å²) >= 11 is 0. The Bertz CT molecular complexity index is 359. The van der Waals surface area contributed by atoms with Crippen molar-refractivity contribution in [3.05, 3.63) is 18.0 Å². The molecule has 0 radical (unpaired) electrons. The fraction of sp³-hybridized carbons (Fsp3) is 0.786. The van der Waals surface area contributed by atoms with Gasteiger partial charge >= 0.3 is 0 Å². The summed E-state index contributed by atoms with van der Waals surface area (Å²) in [5.74, 6) is 0. The van der Waals surface area contributed by atoms with Gasteiger partial charge < -0.3 is 14.4 Å². The van der Waals surface area contributed by atoms with Crippen molar-refractivity contribution in [2.45, 2.75) is 32.4 Å². The maximum absolute atomic E-state index is 5.77. The Kier molecular flexibility index (Phi) is 5.82. The smallest absolute Gasteiger partial charge is 0.0704 e. The van der Waals surface area contributed by atoms with E-state index in [-0.39, 0.29) is 0 Å². The van der Waals surface area contributed by atoms with Crippen LogP contribution in [-0.4, -0.2) is 60.7 Å². The Morgan fingerprint density at radius 2 is 2.05 bits per heavy atom. The molecule has 5 nitrogen and oxygen atoms in total. The van der Waals surface area contributed by atoms with Crippen molar-refractivity contribution in [3.8, 4) is 0 Å². The van der Waals surface area contributed by atoms with Gasteiger partial charge in [0.2, 0.25) is 0 Å². The number of piperidine rings is 1. The second-order valence-corrected chi connectivity index (χ2v) is 5.10. The van der Waals surface area contributed by atoms with Gasteiger partial charge in [0.05, 0.1) is 25.9 Å². The van der Waals surface area contributed by atoms with Gasteiger partial charge in [-0.05, 0) is 25.8 Å². The lowest BCUT2D eigenvalue weighted by Gasteiger charge is -2.31. The number of nitrogens with zero attached hydrogens (tertiary/aromatic N) is 3. The second kappa shape index (κ2) is 7.62. The number of likely N-dealkylation sites (tertiary alicyclic amines) is 1. The fourth-order valence-electron chi connectivity index (χ4n) is 2.47. The van der Waals surface area contributed by atoms with Crippen LogP contribution in [0.1, 0.15) is 18.5 Å². The summed E-state index contributed by atoms with van der Waals surface area (Å²) < 4.78 is 12.8. The van der Waals surface area contributed by atoms with Crippen molar-refractivity contribution in [1.29, 1.82) is 0 Å². The normalized spacial score (nSPS) is 18.0. The summed E-state index contributed by atoms with van der Waals surface area (Å²) in [5.41, 5.74) is 1.23. The molecule has 0 aliphatic carbocycles. The first-order chi connectivity index (χ1) is 9.29. The van der Waals surface area contributed by atoms with E-state index >= 15 is 0 Å². The Morgan fingerprint density at radius 1 is 1.26 bits per heavy atom. The fourth-order valence-corrected chi connectivity index (χ4v) is 2.47. The molecule has 1 fully saturated rings. The van der Waals surface area contributed by atoms with E-state index in [1.54, 1.807) is 7.11 Å².